The van der Waals surface area contributed by atoms with Crippen molar-refractivity contribution in [2.45, 2.75) is 6.92 Å². The molecular formula is C7H8N4O2. The molecule has 0 aliphatic rings. The summed E-state index contributed by atoms with van der Waals surface area (Å²) >= 11 is 0. The number of methoxy groups -OCH3 is 1. The van der Waals surface area contributed by atoms with E-state index >= 15 is 0 Å². The van der Waals surface area contributed by atoms with Gasteiger partial charge in [0.25, 0.3) is 0 Å². The van der Waals surface area contributed by atoms with Gasteiger partial charge in [-0.3, -0.25) is 10.1 Å². The van der Waals surface area contributed by atoms with Crippen LogP contribution in [0.4, 0.5) is 5.95 Å². The summed E-state index contributed by atoms with van der Waals surface area (Å²) < 4.78 is 4.70. The molecular weight excluding hydrogens is 172 g/mol. The Morgan fingerprint density at radius 3 is 3.00 bits per heavy atom. The first kappa shape index (κ1) is 9.06. The van der Waals surface area contributed by atoms with Gasteiger partial charge in [-0.15, -0.1) is 5.10 Å². The summed E-state index contributed by atoms with van der Waals surface area (Å²) in [6, 6.07) is 0.166. The molecule has 1 aromatic heterocycles. The van der Waals surface area contributed by atoms with Gasteiger partial charge in [-0.05, 0) is 12.8 Å². The van der Waals surface area contributed by atoms with E-state index in [1.807, 2.05) is 0 Å². The number of hydrogen-bond donors (Lipinski definition) is 2. The van der Waals surface area contributed by atoms with Crippen molar-refractivity contribution in [3.8, 4) is 17.9 Å². The van der Waals surface area contributed by atoms with Crippen LogP contribution in [0.2, 0.25) is 0 Å². The quantitative estimate of drug-likeness (QED) is 0.616. The zero-order valence-electron chi connectivity index (χ0n) is 7.21. The van der Waals surface area contributed by atoms with Crippen molar-refractivity contribution in [2.75, 3.05) is 12.4 Å². The molecule has 0 saturated heterocycles. The Hall–Kier alpha value is -2.03. The van der Waals surface area contributed by atoms with Gasteiger partial charge in [-0.25, -0.2) is 5.10 Å². The molecule has 68 valence electrons. The lowest BCUT2D eigenvalue weighted by Crippen LogP contribution is -2.09. The maximum absolute atomic E-state index is 10.9. The fraction of sp³-hybridized carbons (Fsp3) is 0.286. The number of anilines is 1. The van der Waals surface area contributed by atoms with E-state index in [1.54, 1.807) is 6.92 Å². The molecule has 0 saturated carbocycles. The van der Waals surface area contributed by atoms with Crippen LogP contribution in [0.1, 0.15) is 6.92 Å². The van der Waals surface area contributed by atoms with E-state index in [-0.39, 0.29) is 12.0 Å². The molecule has 13 heavy (non-hydrogen) atoms. The van der Waals surface area contributed by atoms with Crippen molar-refractivity contribution in [2.24, 2.45) is 0 Å². The summed E-state index contributed by atoms with van der Waals surface area (Å²) in [4.78, 5) is 14.7. The summed E-state index contributed by atoms with van der Waals surface area (Å²) in [6.07, 6.45) is 0. The Morgan fingerprint density at radius 1 is 1.69 bits per heavy atom. The van der Waals surface area contributed by atoms with E-state index in [2.05, 4.69) is 32.3 Å². The molecule has 1 aromatic rings. The van der Waals surface area contributed by atoms with Gasteiger partial charge >= 0.3 is 11.9 Å². The first-order chi connectivity index (χ1) is 6.26. The molecule has 1 heterocycles. The Labute approximate surface area is 74.7 Å². The maximum Gasteiger partial charge on any atom is 0.336 e. The number of ether oxygens (including phenoxy) is 1. The minimum Gasteiger partial charge on any atom is -0.466 e. The summed E-state index contributed by atoms with van der Waals surface area (Å²) in [5.74, 6) is 4.52. The summed E-state index contributed by atoms with van der Waals surface area (Å²) in [7, 11) is 1.43. The lowest BCUT2D eigenvalue weighted by molar-refractivity contribution is -0.111. The van der Waals surface area contributed by atoms with Crippen LogP contribution in [0.3, 0.4) is 0 Å². The van der Waals surface area contributed by atoms with E-state index in [1.165, 1.54) is 7.11 Å². The molecule has 6 nitrogen and oxygen atoms in total. The van der Waals surface area contributed by atoms with Crippen molar-refractivity contribution < 1.29 is 9.53 Å². The molecule has 1 rings (SSSR count). The van der Waals surface area contributed by atoms with Crippen LogP contribution in [0.5, 0.6) is 6.01 Å². The minimum absolute atomic E-state index is 0.166. The minimum atomic E-state index is -0.443. The largest absolute Gasteiger partial charge is 0.466 e. The van der Waals surface area contributed by atoms with Gasteiger partial charge in [-0.1, -0.05) is 5.92 Å². The molecule has 6 heteroatoms. The van der Waals surface area contributed by atoms with Crippen LogP contribution < -0.4 is 10.1 Å². The van der Waals surface area contributed by atoms with Crippen LogP contribution in [-0.2, 0) is 4.79 Å². The molecule has 1 amide bonds. The van der Waals surface area contributed by atoms with Crippen LogP contribution in [0.25, 0.3) is 0 Å². The average Bonchev–Trinajstić information content (AvgIpc) is 2.52. The second-order valence-corrected chi connectivity index (χ2v) is 2.00. The molecule has 0 aliphatic carbocycles. The molecule has 0 aliphatic heterocycles. The highest BCUT2D eigenvalue weighted by molar-refractivity contribution is 6.02. The van der Waals surface area contributed by atoms with Gasteiger partial charge in [0.2, 0.25) is 5.95 Å². The first-order valence-electron chi connectivity index (χ1n) is 3.46. The number of carbonyl (C=O) groups is 1. The predicted octanol–water partition coefficient (Wildman–Crippen LogP) is -0.225. The van der Waals surface area contributed by atoms with Gasteiger partial charge in [-0.2, -0.15) is 4.98 Å². The predicted molar refractivity (Wildman–Crippen MR) is 45.0 cm³/mol. The second kappa shape index (κ2) is 4.11. The standard InChI is InChI=1S/C7H8N4O2/c1-3-4-5(12)8-6-9-7(13-2)11-10-6/h1-2H3,(H2,8,9,10,11,12). The zero-order valence-corrected chi connectivity index (χ0v) is 7.21. The molecule has 0 fully saturated rings. The number of amides is 1. The fourth-order valence-corrected chi connectivity index (χ4v) is 0.646. The van der Waals surface area contributed by atoms with Crippen LogP contribution in [-0.4, -0.2) is 28.2 Å². The van der Waals surface area contributed by atoms with Crippen molar-refractivity contribution in [1.29, 1.82) is 0 Å². The van der Waals surface area contributed by atoms with Crippen LogP contribution >= 0.6 is 0 Å². The monoisotopic (exact) mass is 180 g/mol. The second-order valence-electron chi connectivity index (χ2n) is 2.00. The average molecular weight is 180 g/mol. The topological polar surface area (TPSA) is 79.9 Å². The maximum atomic E-state index is 10.9. The summed E-state index contributed by atoms with van der Waals surface area (Å²) in [5, 5.41) is 8.46. The lowest BCUT2D eigenvalue weighted by Gasteiger charge is -1.91. The Bertz CT molecular complexity index is 360. The van der Waals surface area contributed by atoms with E-state index in [0.717, 1.165) is 0 Å². The third-order valence-corrected chi connectivity index (χ3v) is 1.12. The highest BCUT2D eigenvalue weighted by Gasteiger charge is 2.03. The molecule has 0 bridgehead atoms. The smallest absolute Gasteiger partial charge is 0.336 e. The van der Waals surface area contributed by atoms with Crippen LogP contribution in [0, 0.1) is 11.8 Å². The number of aromatic amines is 1. The first-order valence-corrected chi connectivity index (χ1v) is 3.46. The number of rotatable bonds is 2. The molecule has 0 aromatic carbocycles. The van der Waals surface area contributed by atoms with E-state index in [9.17, 15) is 4.79 Å². The highest BCUT2D eigenvalue weighted by Crippen LogP contribution is 2.03. The van der Waals surface area contributed by atoms with Gasteiger partial charge in [0.1, 0.15) is 0 Å². The molecule has 0 unspecified atom stereocenters. The Balaban J connectivity index is 2.62. The van der Waals surface area contributed by atoms with Gasteiger partial charge in [0.05, 0.1) is 7.11 Å². The number of nitrogens with one attached hydrogen (secondary N) is 2. The SMILES string of the molecule is CC#CC(=O)Nc1nc(OC)n[nH]1. The zero-order chi connectivity index (χ0) is 9.68. The third kappa shape index (κ3) is 2.48. The molecule has 0 radical (unpaired) electrons. The Kier molecular flexibility index (Phi) is 2.87. The Morgan fingerprint density at radius 2 is 2.46 bits per heavy atom. The van der Waals surface area contributed by atoms with Crippen molar-refractivity contribution in [3.63, 3.8) is 0 Å². The molecule has 0 atom stereocenters. The number of H-pyrrole nitrogens is 1. The van der Waals surface area contributed by atoms with E-state index in [0.29, 0.717) is 0 Å². The van der Waals surface area contributed by atoms with Gasteiger partial charge < -0.3 is 4.74 Å². The number of nitrogens with zero attached hydrogens (tertiary/aromatic N) is 2. The fourth-order valence-electron chi connectivity index (χ4n) is 0.646. The number of hydrogen-bond acceptors (Lipinski definition) is 4. The van der Waals surface area contributed by atoms with Crippen LogP contribution in [0.15, 0.2) is 0 Å². The molecule has 0 spiro atoms. The number of aromatic nitrogens is 3. The van der Waals surface area contributed by atoms with E-state index in [4.69, 9.17) is 4.74 Å². The lowest BCUT2D eigenvalue weighted by atomic mass is 10.6. The van der Waals surface area contributed by atoms with Gasteiger partial charge in [0, 0.05) is 0 Å². The normalized spacial score (nSPS) is 8.46. The van der Waals surface area contributed by atoms with Crippen molar-refractivity contribution in [3.05, 3.63) is 0 Å². The third-order valence-electron chi connectivity index (χ3n) is 1.12. The van der Waals surface area contributed by atoms with Crippen molar-refractivity contribution in [1.82, 2.24) is 15.2 Å². The summed E-state index contributed by atoms with van der Waals surface area (Å²) in [6.45, 7) is 1.57. The number of carbonyl (C=O) groups excluding carboxylic acids is 1. The molecule has 2 N–H and O–H groups in total. The van der Waals surface area contributed by atoms with Gasteiger partial charge in [0.15, 0.2) is 0 Å². The highest BCUT2D eigenvalue weighted by atomic mass is 16.5. The summed E-state index contributed by atoms with van der Waals surface area (Å²) in [5.41, 5.74) is 0. The van der Waals surface area contributed by atoms with Crippen molar-refractivity contribution >= 4 is 11.9 Å². The van der Waals surface area contributed by atoms with E-state index < -0.39 is 5.91 Å².